The fourth-order valence-corrected chi connectivity index (χ4v) is 3.37. The SMILES string of the molecule is CC1CC2CC(C[C@@H](F)C2)C1S. The van der Waals surface area contributed by atoms with E-state index in [1.165, 1.54) is 12.8 Å². The van der Waals surface area contributed by atoms with Gasteiger partial charge in [-0.2, -0.15) is 12.6 Å². The number of thiol groups is 1. The van der Waals surface area contributed by atoms with Crippen molar-refractivity contribution in [3.63, 3.8) is 0 Å². The summed E-state index contributed by atoms with van der Waals surface area (Å²) in [6.45, 7) is 2.26. The Morgan fingerprint density at radius 2 is 1.92 bits per heavy atom. The maximum Gasteiger partial charge on any atom is 0.101 e. The van der Waals surface area contributed by atoms with Crippen molar-refractivity contribution in [1.29, 1.82) is 0 Å². The van der Waals surface area contributed by atoms with Crippen LogP contribution in [-0.2, 0) is 0 Å². The Bertz CT molecular complexity index is 167. The largest absolute Gasteiger partial charge is 0.247 e. The molecule has 2 rings (SSSR count). The molecule has 0 spiro atoms. The molecule has 70 valence electrons. The van der Waals surface area contributed by atoms with E-state index < -0.39 is 6.17 Å². The zero-order valence-corrected chi connectivity index (χ0v) is 8.43. The molecule has 0 aromatic heterocycles. The van der Waals surface area contributed by atoms with Crippen molar-refractivity contribution in [3.8, 4) is 0 Å². The van der Waals surface area contributed by atoms with Crippen molar-refractivity contribution in [2.75, 3.05) is 0 Å². The van der Waals surface area contributed by atoms with Gasteiger partial charge in [0, 0.05) is 5.25 Å². The van der Waals surface area contributed by atoms with Gasteiger partial charge in [0.2, 0.25) is 0 Å². The molecule has 0 aliphatic heterocycles. The number of rotatable bonds is 0. The Morgan fingerprint density at radius 1 is 1.17 bits per heavy atom. The summed E-state index contributed by atoms with van der Waals surface area (Å²) in [6, 6.07) is 0. The van der Waals surface area contributed by atoms with Crippen LogP contribution in [0.1, 0.15) is 32.6 Å². The first-order valence-electron chi connectivity index (χ1n) is 4.99. The average Bonchev–Trinajstić information content (AvgIpc) is 1.99. The molecule has 0 aromatic rings. The van der Waals surface area contributed by atoms with E-state index >= 15 is 0 Å². The molecule has 2 aliphatic rings. The highest BCUT2D eigenvalue weighted by molar-refractivity contribution is 7.81. The van der Waals surface area contributed by atoms with Gasteiger partial charge in [-0.25, -0.2) is 4.39 Å². The van der Waals surface area contributed by atoms with Crippen LogP contribution in [0.15, 0.2) is 0 Å². The van der Waals surface area contributed by atoms with E-state index in [1.54, 1.807) is 0 Å². The fourth-order valence-electron chi connectivity index (χ4n) is 3.01. The van der Waals surface area contributed by atoms with Crippen molar-refractivity contribution in [2.45, 2.75) is 44.0 Å². The quantitative estimate of drug-likeness (QED) is 0.555. The maximum atomic E-state index is 13.2. The number of alkyl halides is 1. The molecule has 2 bridgehead atoms. The predicted molar refractivity (Wildman–Crippen MR) is 52.3 cm³/mol. The van der Waals surface area contributed by atoms with E-state index in [9.17, 15) is 4.39 Å². The van der Waals surface area contributed by atoms with Gasteiger partial charge < -0.3 is 0 Å². The van der Waals surface area contributed by atoms with Crippen molar-refractivity contribution in [3.05, 3.63) is 0 Å². The lowest BCUT2D eigenvalue weighted by Crippen LogP contribution is -2.38. The van der Waals surface area contributed by atoms with Crippen LogP contribution in [0.25, 0.3) is 0 Å². The van der Waals surface area contributed by atoms with Crippen molar-refractivity contribution >= 4 is 12.6 Å². The molecular formula is C10H17FS. The van der Waals surface area contributed by atoms with Crippen LogP contribution in [-0.4, -0.2) is 11.4 Å². The smallest absolute Gasteiger partial charge is 0.101 e. The minimum Gasteiger partial charge on any atom is -0.247 e. The molecule has 2 fully saturated rings. The van der Waals surface area contributed by atoms with Crippen LogP contribution >= 0.6 is 12.6 Å². The molecule has 5 atom stereocenters. The number of hydrogen-bond donors (Lipinski definition) is 1. The molecule has 0 amide bonds. The van der Waals surface area contributed by atoms with Crippen molar-refractivity contribution < 1.29 is 4.39 Å². The third-order valence-corrected chi connectivity index (χ3v) is 4.49. The normalized spacial score (nSPS) is 53.8. The average molecular weight is 188 g/mol. The van der Waals surface area contributed by atoms with Crippen LogP contribution in [0.4, 0.5) is 4.39 Å². The van der Waals surface area contributed by atoms with Crippen LogP contribution in [0.2, 0.25) is 0 Å². The molecular weight excluding hydrogens is 171 g/mol. The van der Waals surface area contributed by atoms with Crippen molar-refractivity contribution in [1.82, 2.24) is 0 Å². The lowest BCUT2D eigenvalue weighted by atomic mass is 9.67. The summed E-state index contributed by atoms with van der Waals surface area (Å²) in [7, 11) is 0. The van der Waals surface area contributed by atoms with Gasteiger partial charge in [-0.1, -0.05) is 6.92 Å². The molecule has 0 aromatic carbocycles. The number of fused-ring (bicyclic) bond motifs is 2. The monoisotopic (exact) mass is 188 g/mol. The van der Waals surface area contributed by atoms with Gasteiger partial charge in [0.25, 0.3) is 0 Å². The highest BCUT2D eigenvalue weighted by Crippen LogP contribution is 2.45. The van der Waals surface area contributed by atoms with Crippen LogP contribution in [0.5, 0.6) is 0 Å². The standard InChI is InChI=1S/C10H17FS/c1-6-2-7-3-8(10(6)12)5-9(11)4-7/h6-10,12H,2-5H2,1H3/t6?,7?,8?,9-,10?/m0/s1. The summed E-state index contributed by atoms with van der Waals surface area (Å²) in [5, 5.41) is 0.458. The molecule has 4 unspecified atom stereocenters. The summed E-state index contributed by atoms with van der Waals surface area (Å²) in [5.41, 5.74) is 0. The topological polar surface area (TPSA) is 0 Å². The first-order chi connectivity index (χ1) is 5.66. The van der Waals surface area contributed by atoms with Gasteiger partial charge in [-0.15, -0.1) is 0 Å². The molecule has 12 heavy (non-hydrogen) atoms. The number of halogens is 1. The van der Waals surface area contributed by atoms with Gasteiger partial charge >= 0.3 is 0 Å². The third kappa shape index (κ3) is 1.50. The van der Waals surface area contributed by atoms with Crippen LogP contribution < -0.4 is 0 Å². The molecule has 2 heteroatoms. The van der Waals surface area contributed by atoms with Crippen LogP contribution in [0.3, 0.4) is 0 Å². The van der Waals surface area contributed by atoms with E-state index in [1.807, 2.05) is 0 Å². The zero-order chi connectivity index (χ0) is 8.72. The first kappa shape index (κ1) is 8.86. The summed E-state index contributed by atoms with van der Waals surface area (Å²) < 4.78 is 13.2. The predicted octanol–water partition coefficient (Wildman–Crippen LogP) is 3.08. The number of hydrogen-bond acceptors (Lipinski definition) is 1. The van der Waals surface area contributed by atoms with Gasteiger partial charge in [0.05, 0.1) is 0 Å². The molecule has 0 N–H and O–H groups in total. The van der Waals surface area contributed by atoms with E-state index in [4.69, 9.17) is 0 Å². The lowest BCUT2D eigenvalue weighted by Gasteiger charge is -2.43. The molecule has 2 saturated carbocycles. The minimum atomic E-state index is -0.532. The zero-order valence-electron chi connectivity index (χ0n) is 7.54. The lowest BCUT2D eigenvalue weighted by molar-refractivity contribution is 0.0869. The van der Waals surface area contributed by atoms with E-state index in [-0.39, 0.29) is 0 Å². The highest BCUT2D eigenvalue weighted by atomic mass is 32.1. The second-order valence-electron chi connectivity index (χ2n) is 4.63. The van der Waals surface area contributed by atoms with Gasteiger partial charge in [-0.3, -0.25) is 0 Å². The molecule has 0 nitrogen and oxygen atoms in total. The van der Waals surface area contributed by atoms with Crippen LogP contribution in [0, 0.1) is 17.8 Å². The van der Waals surface area contributed by atoms with E-state index in [0.29, 0.717) is 23.0 Å². The van der Waals surface area contributed by atoms with Crippen molar-refractivity contribution in [2.24, 2.45) is 17.8 Å². The Hall–Kier alpha value is 0.280. The Kier molecular flexibility index (Phi) is 2.37. The van der Waals surface area contributed by atoms with E-state index in [2.05, 4.69) is 19.6 Å². The second-order valence-corrected chi connectivity index (χ2v) is 5.23. The Balaban J connectivity index is 2.07. The Labute approximate surface area is 79.3 Å². The molecule has 0 saturated heterocycles. The minimum absolute atomic E-state index is 0.458. The fraction of sp³-hybridized carbons (Fsp3) is 1.00. The van der Waals surface area contributed by atoms with E-state index in [0.717, 1.165) is 12.8 Å². The Morgan fingerprint density at radius 3 is 2.67 bits per heavy atom. The summed E-state index contributed by atoms with van der Waals surface area (Å²) in [6.07, 6.45) is 3.50. The maximum absolute atomic E-state index is 13.2. The first-order valence-corrected chi connectivity index (χ1v) is 5.50. The molecule has 0 radical (unpaired) electrons. The van der Waals surface area contributed by atoms with Gasteiger partial charge in [0.15, 0.2) is 0 Å². The molecule has 0 heterocycles. The van der Waals surface area contributed by atoms with Gasteiger partial charge in [0.1, 0.15) is 6.17 Å². The summed E-state index contributed by atoms with van der Waals surface area (Å²) >= 11 is 4.58. The highest BCUT2D eigenvalue weighted by Gasteiger charge is 2.39. The summed E-state index contributed by atoms with van der Waals surface area (Å²) in [4.78, 5) is 0. The van der Waals surface area contributed by atoms with Gasteiger partial charge in [-0.05, 0) is 43.4 Å². The summed E-state index contributed by atoms with van der Waals surface area (Å²) in [5.74, 6) is 1.92. The second kappa shape index (κ2) is 3.21. The molecule has 2 aliphatic carbocycles. The third-order valence-electron chi connectivity index (χ3n) is 3.55.